The fourth-order valence-corrected chi connectivity index (χ4v) is 2.24. The fraction of sp³-hybridized carbons (Fsp3) is 0.882. The topological polar surface area (TPSA) is 14.1 Å². The van der Waals surface area contributed by atoms with Crippen LogP contribution < -0.4 is 5.32 Å². The lowest BCUT2D eigenvalue weighted by Gasteiger charge is -2.23. The molecule has 1 heteroatoms. The van der Waals surface area contributed by atoms with Gasteiger partial charge in [0.05, 0.1) is 0 Å². The van der Waals surface area contributed by atoms with Crippen molar-refractivity contribution in [2.75, 3.05) is 6.54 Å². The Bertz CT molecular complexity index is 194. The van der Waals surface area contributed by atoms with E-state index in [0.29, 0.717) is 0 Å². The Morgan fingerprint density at radius 2 is 1.44 bits per heavy atom. The molecule has 0 rings (SSSR count). The predicted molar refractivity (Wildman–Crippen MR) is 83.1 cm³/mol. The van der Waals surface area contributed by atoms with Crippen molar-refractivity contribution in [2.45, 2.75) is 91.0 Å². The first-order valence-electron chi connectivity index (χ1n) is 7.96. The van der Waals surface area contributed by atoms with Crippen LogP contribution in [-0.2, 0) is 0 Å². The maximum atomic E-state index is 4.62. The van der Waals surface area contributed by atoms with E-state index in [2.05, 4.69) is 45.2 Å². The first-order valence-corrected chi connectivity index (χ1v) is 7.96. The number of unbranched alkanes of at least 4 members (excludes halogenated alkanes) is 6. The standard InChI is InChI=1S/C17H34N/c1-5-7-8-9-10-11-12-13-14-15-16-17(3,4)18-6-2/h9-10H,5-8,11-16H2,1-4H3/b10-9+. The molecule has 0 aromatic heterocycles. The monoisotopic (exact) mass is 252 g/mol. The van der Waals surface area contributed by atoms with E-state index in [4.69, 9.17) is 0 Å². The molecule has 0 unspecified atom stereocenters. The summed E-state index contributed by atoms with van der Waals surface area (Å²) in [6.45, 7) is 9.85. The van der Waals surface area contributed by atoms with Gasteiger partial charge in [0, 0.05) is 12.1 Å². The number of hydrogen-bond acceptors (Lipinski definition) is 0. The lowest BCUT2D eigenvalue weighted by Crippen LogP contribution is -2.32. The highest BCUT2D eigenvalue weighted by Crippen LogP contribution is 2.16. The van der Waals surface area contributed by atoms with Crippen LogP contribution in [0.5, 0.6) is 0 Å². The average Bonchev–Trinajstić information content (AvgIpc) is 2.31. The van der Waals surface area contributed by atoms with Crippen LogP contribution in [0.4, 0.5) is 0 Å². The highest BCUT2D eigenvalue weighted by Gasteiger charge is 2.15. The van der Waals surface area contributed by atoms with Gasteiger partial charge in [0.1, 0.15) is 0 Å². The third-order valence-corrected chi connectivity index (χ3v) is 3.39. The fourth-order valence-electron chi connectivity index (χ4n) is 2.24. The molecule has 0 aliphatic rings. The summed E-state index contributed by atoms with van der Waals surface area (Å²) in [5.41, 5.74) is 0.203. The molecule has 0 saturated carbocycles. The SMILES string of the molecule is CCCC/C=C/CCCCCCC(C)(C)[N]CC. The molecule has 0 aliphatic carbocycles. The van der Waals surface area contributed by atoms with Crippen LogP contribution in [0.15, 0.2) is 12.2 Å². The van der Waals surface area contributed by atoms with Crippen molar-refractivity contribution in [2.24, 2.45) is 0 Å². The van der Waals surface area contributed by atoms with Crippen molar-refractivity contribution in [3.8, 4) is 0 Å². The largest absolute Gasteiger partial charge is 0.236 e. The van der Waals surface area contributed by atoms with Crippen molar-refractivity contribution in [1.82, 2.24) is 5.32 Å². The molecule has 0 spiro atoms. The van der Waals surface area contributed by atoms with E-state index in [1.165, 1.54) is 57.8 Å². The molecule has 1 nitrogen and oxygen atoms in total. The number of nitrogens with zero attached hydrogens (tertiary/aromatic N) is 1. The van der Waals surface area contributed by atoms with Crippen molar-refractivity contribution in [3.63, 3.8) is 0 Å². The van der Waals surface area contributed by atoms with Gasteiger partial charge >= 0.3 is 0 Å². The van der Waals surface area contributed by atoms with Gasteiger partial charge in [-0.05, 0) is 39.5 Å². The lowest BCUT2D eigenvalue weighted by molar-refractivity contribution is 0.347. The highest BCUT2D eigenvalue weighted by atomic mass is 14.9. The van der Waals surface area contributed by atoms with E-state index in [0.717, 1.165) is 6.54 Å². The summed E-state index contributed by atoms with van der Waals surface area (Å²) < 4.78 is 0. The summed E-state index contributed by atoms with van der Waals surface area (Å²) in [6, 6.07) is 0. The Morgan fingerprint density at radius 3 is 2.06 bits per heavy atom. The van der Waals surface area contributed by atoms with Gasteiger partial charge < -0.3 is 0 Å². The van der Waals surface area contributed by atoms with E-state index in [1.807, 2.05) is 0 Å². The molecule has 107 valence electrons. The molecule has 0 N–H and O–H groups in total. The average molecular weight is 252 g/mol. The molecular weight excluding hydrogens is 218 g/mol. The first-order chi connectivity index (χ1) is 8.62. The highest BCUT2D eigenvalue weighted by molar-refractivity contribution is 4.81. The summed E-state index contributed by atoms with van der Waals surface area (Å²) in [5, 5.41) is 4.62. The van der Waals surface area contributed by atoms with Gasteiger partial charge in [0.15, 0.2) is 0 Å². The Balaban J connectivity index is 3.28. The van der Waals surface area contributed by atoms with Crippen LogP contribution in [0.2, 0.25) is 0 Å². The molecule has 0 atom stereocenters. The zero-order valence-electron chi connectivity index (χ0n) is 13.2. The van der Waals surface area contributed by atoms with E-state index in [-0.39, 0.29) is 5.54 Å². The first kappa shape index (κ1) is 17.7. The summed E-state index contributed by atoms with van der Waals surface area (Å²) in [5.74, 6) is 0. The van der Waals surface area contributed by atoms with Gasteiger partial charge in [-0.25, -0.2) is 5.32 Å². The molecule has 0 saturated heterocycles. The maximum Gasteiger partial charge on any atom is 0.0300 e. The zero-order valence-corrected chi connectivity index (χ0v) is 13.2. The van der Waals surface area contributed by atoms with Gasteiger partial charge in [-0.1, -0.05) is 58.1 Å². The van der Waals surface area contributed by atoms with Crippen molar-refractivity contribution >= 4 is 0 Å². The van der Waals surface area contributed by atoms with Crippen LogP contribution in [0.25, 0.3) is 0 Å². The molecule has 0 aromatic rings. The summed E-state index contributed by atoms with van der Waals surface area (Å²) >= 11 is 0. The maximum absolute atomic E-state index is 4.62. The van der Waals surface area contributed by atoms with Crippen molar-refractivity contribution in [1.29, 1.82) is 0 Å². The molecule has 0 bridgehead atoms. The third-order valence-electron chi connectivity index (χ3n) is 3.39. The summed E-state index contributed by atoms with van der Waals surface area (Å²) in [7, 11) is 0. The smallest absolute Gasteiger partial charge is 0.0300 e. The van der Waals surface area contributed by atoms with Gasteiger partial charge in [-0.2, -0.15) is 0 Å². The van der Waals surface area contributed by atoms with E-state index < -0.39 is 0 Å². The number of hydrogen-bond donors (Lipinski definition) is 0. The predicted octanol–water partition coefficient (Wildman–Crippen LogP) is 5.48. The van der Waals surface area contributed by atoms with Gasteiger partial charge in [-0.3, -0.25) is 0 Å². The molecule has 0 heterocycles. The second kappa shape index (κ2) is 11.8. The van der Waals surface area contributed by atoms with Gasteiger partial charge in [0.25, 0.3) is 0 Å². The molecule has 0 aromatic carbocycles. The van der Waals surface area contributed by atoms with Gasteiger partial charge in [0.2, 0.25) is 0 Å². The molecule has 0 aliphatic heterocycles. The van der Waals surface area contributed by atoms with E-state index in [1.54, 1.807) is 0 Å². The van der Waals surface area contributed by atoms with Crippen LogP contribution in [0.3, 0.4) is 0 Å². The van der Waals surface area contributed by atoms with Crippen LogP contribution in [0.1, 0.15) is 85.5 Å². The normalized spacial score (nSPS) is 12.4. The Morgan fingerprint density at radius 1 is 0.833 bits per heavy atom. The minimum absolute atomic E-state index is 0.203. The van der Waals surface area contributed by atoms with Crippen molar-refractivity contribution < 1.29 is 0 Å². The lowest BCUT2D eigenvalue weighted by atomic mass is 9.96. The minimum Gasteiger partial charge on any atom is -0.236 e. The molecule has 1 radical (unpaired) electrons. The number of rotatable bonds is 12. The van der Waals surface area contributed by atoms with Crippen molar-refractivity contribution in [3.05, 3.63) is 12.2 Å². The molecule has 0 amide bonds. The summed E-state index contributed by atoms with van der Waals surface area (Å²) in [4.78, 5) is 0. The molecule has 0 fully saturated rings. The van der Waals surface area contributed by atoms with E-state index >= 15 is 0 Å². The Hall–Kier alpha value is -0.300. The summed E-state index contributed by atoms with van der Waals surface area (Å²) in [6.07, 6.45) is 16.6. The Kier molecular flexibility index (Phi) is 11.6. The third kappa shape index (κ3) is 12.2. The Labute approximate surface area is 115 Å². The second-order valence-corrected chi connectivity index (χ2v) is 5.85. The molecule has 18 heavy (non-hydrogen) atoms. The quantitative estimate of drug-likeness (QED) is 0.323. The second-order valence-electron chi connectivity index (χ2n) is 5.85. The van der Waals surface area contributed by atoms with Crippen LogP contribution in [-0.4, -0.2) is 12.1 Å². The zero-order chi connectivity index (χ0) is 13.7. The van der Waals surface area contributed by atoms with Crippen LogP contribution >= 0.6 is 0 Å². The van der Waals surface area contributed by atoms with Crippen LogP contribution in [0, 0.1) is 0 Å². The van der Waals surface area contributed by atoms with E-state index in [9.17, 15) is 0 Å². The molecular formula is C17H34N. The minimum atomic E-state index is 0.203. The van der Waals surface area contributed by atoms with Gasteiger partial charge in [-0.15, -0.1) is 0 Å². The number of allylic oxidation sites excluding steroid dienone is 2.